The lowest BCUT2D eigenvalue weighted by Crippen LogP contribution is -2.46. The second kappa shape index (κ2) is 22.7. The van der Waals surface area contributed by atoms with E-state index in [1.165, 1.54) is 35.5 Å². The Morgan fingerprint density at radius 1 is 0.635 bits per heavy atom. The van der Waals surface area contributed by atoms with Gasteiger partial charge in [0.15, 0.2) is 0 Å². The Balaban J connectivity index is 0.000000183. The summed E-state index contributed by atoms with van der Waals surface area (Å²) < 4.78 is 53.6. The van der Waals surface area contributed by atoms with Crippen LogP contribution in [0.2, 0.25) is 25.4 Å². The fraction of sp³-hybridized carbons (Fsp3) is 0.286. The molecule has 0 N–H and O–H groups in total. The van der Waals surface area contributed by atoms with E-state index in [4.69, 9.17) is 58.0 Å². The van der Waals surface area contributed by atoms with Crippen molar-refractivity contribution in [3.8, 4) is 0 Å². The zero-order chi connectivity index (χ0) is 52.4. The molecule has 0 saturated carbocycles. The fourth-order valence-electron chi connectivity index (χ4n) is 10.5. The second-order valence-corrected chi connectivity index (χ2v) is 22.2. The second-order valence-electron chi connectivity index (χ2n) is 19.1. The van der Waals surface area contributed by atoms with E-state index >= 15 is 0 Å². The highest BCUT2D eigenvalue weighted by atomic mass is 35.5. The van der Waals surface area contributed by atoms with E-state index in [1.807, 2.05) is 29.2 Å². The molecule has 10 rings (SSSR count). The molecule has 2 aromatic heterocycles. The van der Waals surface area contributed by atoms with Crippen molar-refractivity contribution in [2.24, 2.45) is 0 Å². The number of halogens is 9. The first-order chi connectivity index (χ1) is 35.4. The number of anilines is 2. The van der Waals surface area contributed by atoms with E-state index in [1.54, 1.807) is 65.7 Å². The van der Waals surface area contributed by atoms with Crippen LogP contribution in [0.3, 0.4) is 0 Å². The Kier molecular flexibility index (Phi) is 16.5. The normalized spacial score (nSPS) is 17.3. The van der Waals surface area contributed by atoms with Crippen molar-refractivity contribution >= 4 is 105 Å². The maximum absolute atomic E-state index is 14.0. The molecule has 2 saturated heterocycles. The van der Waals surface area contributed by atoms with Crippen LogP contribution in [0.4, 0.5) is 28.9 Å². The summed E-state index contributed by atoms with van der Waals surface area (Å²) in [6.45, 7) is 7.90. The van der Waals surface area contributed by atoms with Gasteiger partial charge in [0.2, 0.25) is 0 Å². The van der Waals surface area contributed by atoms with Gasteiger partial charge in [-0.3, -0.25) is 19.4 Å². The fourth-order valence-corrected chi connectivity index (χ4v) is 11.9. The first-order valence-corrected chi connectivity index (χ1v) is 26.6. The molecule has 4 aromatic carbocycles. The van der Waals surface area contributed by atoms with Crippen LogP contribution < -0.4 is 9.80 Å². The minimum atomic E-state index is -4.40. The van der Waals surface area contributed by atoms with E-state index in [-0.39, 0.29) is 44.9 Å². The number of hydrogen-bond acceptors (Lipinski definition) is 7. The Bertz CT molecular complexity index is 3140. The van der Waals surface area contributed by atoms with Gasteiger partial charge >= 0.3 is 5.51 Å². The average Bonchev–Trinajstić information content (AvgIpc) is 3.86. The predicted molar refractivity (Wildman–Crippen MR) is 292 cm³/mol. The third-order valence-electron chi connectivity index (χ3n) is 14.3. The molecule has 384 valence electrons. The number of likely N-dealkylation sites (tertiary alicyclic amines) is 2. The highest BCUT2D eigenvalue weighted by molar-refractivity contribution is 8.00. The van der Waals surface area contributed by atoms with E-state index in [0.717, 1.165) is 62.4 Å². The monoisotopic (exact) mass is 1120 g/mol. The number of piperidine rings is 2. The van der Waals surface area contributed by atoms with Gasteiger partial charge in [-0.1, -0.05) is 112 Å². The van der Waals surface area contributed by atoms with Gasteiger partial charge in [0, 0.05) is 87.4 Å². The van der Waals surface area contributed by atoms with E-state index in [2.05, 4.69) is 51.0 Å². The standard InChI is InChI=1S/C28H23Cl3F3N3OS.C28H26Cl2FN3O/c29-22-5-3-18(14-23(22)30)2-1-11-36-12-8-27(9-13-36)17-37(26(38)19-7-10-35-25(31)15-19)24-6-4-20(16-21(24)27)39-28(32,33)34;1-19-4-7-25-23(15-19)28(18-34(25)27(35)21-8-11-32-26(30)16-21)9-13-33(14-10-28)12-2-3-20-5-6-22(29)17-24(20)31/h1-7,10,14-16H,8-9,11-13,17H2;2-8,11,15-17H,9-10,12-14,18H2,1H3/b2-1+;3-2+. The third-order valence-corrected chi connectivity index (χ3v) is 16.4. The number of pyridine rings is 2. The summed E-state index contributed by atoms with van der Waals surface area (Å²) in [5.74, 6) is -0.614. The minimum absolute atomic E-state index is 0.0494. The zero-order valence-electron chi connectivity index (χ0n) is 40.0. The van der Waals surface area contributed by atoms with E-state index in [0.29, 0.717) is 75.1 Å². The van der Waals surface area contributed by atoms with Gasteiger partial charge < -0.3 is 9.80 Å². The number of fused-ring (bicyclic) bond motifs is 4. The van der Waals surface area contributed by atoms with Gasteiger partial charge in [-0.15, -0.1) is 0 Å². The van der Waals surface area contributed by atoms with Crippen LogP contribution >= 0.6 is 69.8 Å². The van der Waals surface area contributed by atoms with Crippen molar-refractivity contribution in [2.45, 2.75) is 53.8 Å². The van der Waals surface area contributed by atoms with Crippen LogP contribution in [0, 0.1) is 12.7 Å². The molecule has 6 aromatic rings. The predicted octanol–water partition coefficient (Wildman–Crippen LogP) is 14.9. The zero-order valence-corrected chi connectivity index (χ0v) is 44.6. The summed E-state index contributed by atoms with van der Waals surface area (Å²) >= 11 is 29.9. The molecule has 2 spiro atoms. The molecule has 0 bridgehead atoms. The van der Waals surface area contributed by atoms with Crippen LogP contribution in [-0.2, 0) is 10.8 Å². The molecule has 4 aliphatic rings. The van der Waals surface area contributed by atoms with E-state index < -0.39 is 10.9 Å². The van der Waals surface area contributed by atoms with Crippen LogP contribution in [0.15, 0.2) is 127 Å². The average molecular weight is 1120 g/mol. The van der Waals surface area contributed by atoms with Crippen molar-refractivity contribution in [1.82, 2.24) is 19.8 Å². The Hall–Kier alpha value is -4.96. The highest BCUT2D eigenvalue weighted by Crippen LogP contribution is 2.51. The molecule has 74 heavy (non-hydrogen) atoms. The summed E-state index contributed by atoms with van der Waals surface area (Å²) in [5, 5.41) is 1.91. The number of aryl methyl sites for hydroxylation is 1. The molecule has 0 atom stereocenters. The number of thioether (sulfide) groups is 1. The largest absolute Gasteiger partial charge is 0.446 e. The lowest BCUT2D eigenvalue weighted by atomic mass is 9.74. The smallest absolute Gasteiger partial charge is 0.307 e. The Labute approximate surface area is 456 Å². The third kappa shape index (κ3) is 12.3. The maximum Gasteiger partial charge on any atom is 0.446 e. The van der Waals surface area contributed by atoms with Gasteiger partial charge in [-0.25, -0.2) is 14.4 Å². The molecule has 2 amide bonds. The van der Waals surface area contributed by atoms with Gasteiger partial charge in [0.05, 0.1) is 10.0 Å². The van der Waals surface area contributed by atoms with Gasteiger partial charge in [0.25, 0.3) is 11.8 Å². The summed E-state index contributed by atoms with van der Waals surface area (Å²) in [4.78, 5) is 43.3. The lowest BCUT2D eigenvalue weighted by molar-refractivity contribution is -0.0328. The lowest BCUT2D eigenvalue weighted by Gasteiger charge is -2.39. The molecular weight excluding hydrogens is 1070 g/mol. The molecule has 2 fully saturated rings. The van der Waals surface area contributed by atoms with Crippen molar-refractivity contribution in [1.29, 1.82) is 0 Å². The van der Waals surface area contributed by atoms with Crippen molar-refractivity contribution in [2.75, 3.05) is 62.2 Å². The van der Waals surface area contributed by atoms with E-state index in [9.17, 15) is 27.2 Å². The molecule has 8 nitrogen and oxygen atoms in total. The minimum Gasteiger partial charge on any atom is -0.307 e. The Morgan fingerprint density at radius 2 is 1.18 bits per heavy atom. The number of rotatable bonds is 9. The first kappa shape index (κ1) is 53.9. The molecule has 6 heterocycles. The van der Waals surface area contributed by atoms with Crippen molar-refractivity contribution in [3.05, 3.63) is 192 Å². The first-order valence-electron chi connectivity index (χ1n) is 23.9. The van der Waals surface area contributed by atoms with Crippen LogP contribution in [0.1, 0.15) is 74.2 Å². The van der Waals surface area contributed by atoms with Crippen LogP contribution in [0.5, 0.6) is 0 Å². The number of carbonyl (C=O) groups is 2. The number of aromatic nitrogens is 2. The topological polar surface area (TPSA) is 72.9 Å². The van der Waals surface area contributed by atoms with Crippen molar-refractivity contribution in [3.63, 3.8) is 0 Å². The van der Waals surface area contributed by atoms with Crippen LogP contribution in [-0.4, -0.2) is 89.4 Å². The number of carbonyl (C=O) groups excluding carboxylic acids is 2. The quantitative estimate of drug-likeness (QED) is 0.0811. The van der Waals surface area contributed by atoms with Crippen LogP contribution in [0.25, 0.3) is 12.2 Å². The number of nitrogens with zero attached hydrogens (tertiary/aromatic N) is 6. The highest BCUT2D eigenvalue weighted by Gasteiger charge is 2.48. The Morgan fingerprint density at radius 3 is 1.70 bits per heavy atom. The SMILES string of the molecule is Cc1ccc2c(c1)C1(CCN(C/C=C/c3ccc(Cl)cc3F)CC1)CN2C(=O)c1ccnc(Cl)c1.O=C(c1ccnc(Cl)c1)N1CC2(CCN(C/C=C/c3ccc(Cl)c(Cl)c3)CC2)c2cc(SC(F)(F)F)ccc21. The number of hydrogen-bond donors (Lipinski definition) is 0. The van der Waals surface area contributed by atoms with Gasteiger partial charge in [-0.05, 0) is 160 Å². The maximum atomic E-state index is 14.0. The number of amides is 2. The summed E-state index contributed by atoms with van der Waals surface area (Å²) in [5.41, 5.74) is 2.38. The molecule has 0 radical (unpaired) electrons. The number of benzene rings is 4. The molecule has 0 unspecified atom stereocenters. The summed E-state index contributed by atoms with van der Waals surface area (Å²) in [7, 11) is 0. The van der Waals surface area contributed by atoms with Gasteiger partial charge in [-0.2, -0.15) is 13.2 Å². The molecule has 4 aliphatic heterocycles. The summed E-state index contributed by atoms with van der Waals surface area (Å²) in [6, 6.07) is 27.6. The summed E-state index contributed by atoms with van der Waals surface area (Å²) in [6.07, 6.45) is 14.2. The molecular formula is C56H49Cl5F4N6O2S. The molecule has 18 heteroatoms. The van der Waals surface area contributed by atoms with Gasteiger partial charge in [0.1, 0.15) is 16.1 Å². The molecule has 0 aliphatic carbocycles. The number of alkyl halides is 3. The van der Waals surface area contributed by atoms with Crippen molar-refractivity contribution < 1.29 is 27.2 Å².